The maximum Gasteiger partial charge on any atom is 0.0987 e. The van der Waals surface area contributed by atoms with Crippen LogP contribution in [0.15, 0.2) is 30.5 Å². The van der Waals surface area contributed by atoms with E-state index >= 15 is 0 Å². The average Bonchev–Trinajstić information content (AvgIpc) is 2.84. The molecule has 2 aromatic rings. The van der Waals surface area contributed by atoms with E-state index in [0.717, 1.165) is 5.92 Å². The van der Waals surface area contributed by atoms with Gasteiger partial charge in [0.25, 0.3) is 0 Å². The van der Waals surface area contributed by atoms with Crippen molar-refractivity contribution in [2.45, 2.75) is 51.0 Å². The highest BCUT2D eigenvalue weighted by Gasteiger charge is 2.32. The molecule has 0 spiro atoms. The summed E-state index contributed by atoms with van der Waals surface area (Å²) in [5, 5.41) is 1.33. The van der Waals surface area contributed by atoms with Crippen LogP contribution >= 0.6 is 11.3 Å². The van der Waals surface area contributed by atoms with E-state index in [0.29, 0.717) is 12.0 Å². The summed E-state index contributed by atoms with van der Waals surface area (Å²) in [6, 6.07) is 9.62. The molecule has 1 aliphatic heterocycles. The van der Waals surface area contributed by atoms with E-state index in [1.165, 1.54) is 47.8 Å². The Labute approximate surface area is 137 Å². The second-order valence-corrected chi connectivity index (χ2v) is 8.08. The van der Waals surface area contributed by atoms with E-state index in [9.17, 15) is 0 Å². The van der Waals surface area contributed by atoms with Crippen LogP contribution in [0.5, 0.6) is 0 Å². The van der Waals surface area contributed by atoms with Crippen molar-refractivity contribution in [3.63, 3.8) is 0 Å². The Balaban J connectivity index is 1.55. The van der Waals surface area contributed by atoms with Gasteiger partial charge < -0.3 is 0 Å². The number of hydrogen-bond donors (Lipinski definition) is 0. The number of thiazole rings is 1. The normalized spacial score (nSPS) is 20.1. The van der Waals surface area contributed by atoms with Gasteiger partial charge in [-0.2, -0.15) is 0 Å². The number of benzene rings is 1. The third-order valence-corrected chi connectivity index (χ3v) is 6.48. The zero-order chi connectivity index (χ0) is 15.1. The standard InChI is InChI=1S/C19H24N2S/c1-13(2)21-11-15(12-21)19-20-10-18(22-19)17-9-4-3-8-16(17)14-6-5-7-14/h3-4,8-10,13-15H,5-7,11-12H2,1-2H3. The lowest BCUT2D eigenvalue weighted by Crippen LogP contribution is -2.48. The molecular formula is C19H24N2S. The van der Waals surface area contributed by atoms with Gasteiger partial charge in [-0.05, 0) is 43.7 Å². The molecule has 1 aromatic heterocycles. The molecule has 0 N–H and O–H groups in total. The fourth-order valence-corrected chi connectivity index (χ4v) is 4.54. The molecule has 4 rings (SSSR count). The third kappa shape index (κ3) is 2.50. The van der Waals surface area contributed by atoms with Gasteiger partial charge in [0.05, 0.1) is 9.88 Å². The summed E-state index contributed by atoms with van der Waals surface area (Å²) in [5.41, 5.74) is 2.97. The summed E-state index contributed by atoms with van der Waals surface area (Å²) in [6.45, 7) is 6.90. The molecule has 22 heavy (non-hydrogen) atoms. The van der Waals surface area contributed by atoms with Crippen molar-refractivity contribution < 1.29 is 0 Å². The summed E-state index contributed by atoms with van der Waals surface area (Å²) >= 11 is 1.91. The van der Waals surface area contributed by atoms with Crippen LogP contribution in [0.4, 0.5) is 0 Å². The number of rotatable bonds is 4. The van der Waals surface area contributed by atoms with Crippen LogP contribution in [0.1, 0.15) is 55.5 Å². The summed E-state index contributed by atoms with van der Waals surface area (Å²) in [6.07, 6.45) is 6.21. The average molecular weight is 312 g/mol. The van der Waals surface area contributed by atoms with E-state index in [4.69, 9.17) is 4.98 Å². The Kier molecular flexibility index (Phi) is 3.79. The SMILES string of the molecule is CC(C)N1CC(c2ncc(-c3ccccc3C3CCC3)s2)C1. The number of nitrogens with zero attached hydrogens (tertiary/aromatic N) is 2. The molecule has 0 radical (unpaired) electrons. The monoisotopic (exact) mass is 312 g/mol. The maximum atomic E-state index is 4.74. The number of likely N-dealkylation sites (tertiary alicyclic amines) is 1. The predicted molar refractivity (Wildman–Crippen MR) is 93.6 cm³/mol. The molecule has 1 aromatic carbocycles. The highest BCUT2D eigenvalue weighted by Crippen LogP contribution is 2.43. The van der Waals surface area contributed by atoms with Crippen LogP contribution in [0.2, 0.25) is 0 Å². The van der Waals surface area contributed by atoms with Crippen LogP contribution < -0.4 is 0 Å². The van der Waals surface area contributed by atoms with Gasteiger partial charge >= 0.3 is 0 Å². The number of aromatic nitrogens is 1. The summed E-state index contributed by atoms with van der Waals surface area (Å²) < 4.78 is 0. The van der Waals surface area contributed by atoms with Gasteiger partial charge in [0.15, 0.2) is 0 Å². The van der Waals surface area contributed by atoms with E-state index in [1.807, 2.05) is 11.3 Å². The molecule has 3 heteroatoms. The van der Waals surface area contributed by atoms with Gasteiger partial charge in [0, 0.05) is 31.2 Å². The first-order chi connectivity index (χ1) is 10.7. The Morgan fingerprint density at radius 1 is 1.14 bits per heavy atom. The van der Waals surface area contributed by atoms with Gasteiger partial charge in [-0.15, -0.1) is 11.3 Å². The second kappa shape index (κ2) is 5.78. The van der Waals surface area contributed by atoms with Crippen molar-refractivity contribution in [1.29, 1.82) is 0 Å². The van der Waals surface area contributed by atoms with Gasteiger partial charge in [0.1, 0.15) is 0 Å². The van der Waals surface area contributed by atoms with Crippen LogP contribution in [0, 0.1) is 0 Å². The smallest absolute Gasteiger partial charge is 0.0987 e. The fourth-order valence-electron chi connectivity index (χ4n) is 3.49. The molecule has 1 saturated heterocycles. The Hall–Kier alpha value is -1.19. The minimum atomic E-state index is 0.650. The van der Waals surface area contributed by atoms with Crippen molar-refractivity contribution in [2.24, 2.45) is 0 Å². The minimum Gasteiger partial charge on any atom is -0.299 e. The number of hydrogen-bond acceptors (Lipinski definition) is 3. The van der Waals surface area contributed by atoms with E-state index in [1.54, 1.807) is 5.56 Å². The van der Waals surface area contributed by atoms with Crippen molar-refractivity contribution >= 4 is 11.3 Å². The molecule has 116 valence electrons. The summed E-state index contributed by atoms with van der Waals surface area (Å²) in [4.78, 5) is 8.63. The molecule has 2 nitrogen and oxygen atoms in total. The summed E-state index contributed by atoms with van der Waals surface area (Å²) in [5.74, 6) is 1.43. The van der Waals surface area contributed by atoms with Crippen molar-refractivity contribution in [3.05, 3.63) is 41.0 Å². The molecule has 1 aliphatic carbocycles. The molecule has 1 saturated carbocycles. The van der Waals surface area contributed by atoms with Crippen LogP contribution in [-0.4, -0.2) is 29.0 Å². The zero-order valence-electron chi connectivity index (χ0n) is 13.5. The molecule has 2 heterocycles. The molecular weight excluding hydrogens is 288 g/mol. The molecule has 0 atom stereocenters. The third-order valence-electron chi connectivity index (χ3n) is 5.28. The molecule has 2 aliphatic rings. The van der Waals surface area contributed by atoms with E-state index in [2.05, 4.69) is 49.2 Å². The van der Waals surface area contributed by atoms with E-state index < -0.39 is 0 Å². The van der Waals surface area contributed by atoms with Crippen LogP contribution in [0.3, 0.4) is 0 Å². The molecule has 2 fully saturated rings. The van der Waals surface area contributed by atoms with Crippen LogP contribution in [0.25, 0.3) is 10.4 Å². The van der Waals surface area contributed by atoms with E-state index in [-0.39, 0.29) is 0 Å². The molecule has 0 unspecified atom stereocenters. The Bertz CT molecular complexity index is 651. The van der Waals surface area contributed by atoms with Crippen LogP contribution in [-0.2, 0) is 0 Å². The topological polar surface area (TPSA) is 16.1 Å². The van der Waals surface area contributed by atoms with Crippen molar-refractivity contribution in [3.8, 4) is 10.4 Å². The largest absolute Gasteiger partial charge is 0.299 e. The first kappa shape index (κ1) is 14.4. The first-order valence-electron chi connectivity index (χ1n) is 8.51. The minimum absolute atomic E-state index is 0.650. The maximum absolute atomic E-state index is 4.74. The van der Waals surface area contributed by atoms with Crippen molar-refractivity contribution in [2.75, 3.05) is 13.1 Å². The second-order valence-electron chi connectivity index (χ2n) is 7.02. The Morgan fingerprint density at radius 3 is 2.59 bits per heavy atom. The predicted octanol–water partition coefficient (Wildman–Crippen LogP) is 4.89. The van der Waals surface area contributed by atoms with Gasteiger partial charge in [-0.25, -0.2) is 4.98 Å². The first-order valence-corrected chi connectivity index (χ1v) is 9.33. The fraction of sp³-hybridized carbons (Fsp3) is 0.526. The highest BCUT2D eigenvalue weighted by molar-refractivity contribution is 7.15. The molecule has 0 amide bonds. The van der Waals surface area contributed by atoms with Crippen molar-refractivity contribution in [1.82, 2.24) is 9.88 Å². The Morgan fingerprint density at radius 2 is 1.91 bits per heavy atom. The zero-order valence-corrected chi connectivity index (χ0v) is 14.3. The molecule has 0 bridgehead atoms. The lowest BCUT2D eigenvalue weighted by atomic mass is 9.78. The highest BCUT2D eigenvalue weighted by atomic mass is 32.1. The van der Waals surface area contributed by atoms with Gasteiger partial charge in [0.2, 0.25) is 0 Å². The lowest BCUT2D eigenvalue weighted by molar-refractivity contribution is 0.110. The lowest BCUT2D eigenvalue weighted by Gasteiger charge is -2.41. The van der Waals surface area contributed by atoms with Gasteiger partial charge in [-0.3, -0.25) is 4.90 Å². The quantitative estimate of drug-likeness (QED) is 0.799. The summed E-state index contributed by atoms with van der Waals surface area (Å²) in [7, 11) is 0. The van der Waals surface area contributed by atoms with Gasteiger partial charge in [-0.1, -0.05) is 30.7 Å².